The molecule has 1 heterocycles. The maximum atomic E-state index is 12.9. The van der Waals surface area contributed by atoms with E-state index in [0.29, 0.717) is 0 Å². The highest BCUT2D eigenvalue weighted by molar-refractivity contribution is 9.12. The first-order chi connectivity index (χ1) is 10.9. The van der Waals surface area contributed by atoms with Crippen molar-refractivity contribution in [2.45, 2.75) is 16.1 Å². The fourth-order valence-corrected chi connectivity index (χ4v) is 6.30. The number of carboxylic acids is 1. The Morgan fingerprint density at radius 3 is 2.09 bits per heavy atom. The number of carbonyl (C=O) groups excluding carboxylic acids is 3. The number of hydrogen-bond acceptors (Lipinski definition) is 4. The van der Waals surface area contributed by atoms with E-state index in [1.807, 2.05) is 0 Å². The fraction of sp³-hybridized carbons (Fsp3) is 0.438. The van der Waals surface area contributed by atoms with Crippen LogP contribution < -0.4 is 10.0 Å². The number of imide groups is 1. The number of fused-ring (bicyclic) bond motifs is 5. The molecule has 0 radical (unpaired) electrons. The Balaban J connectivity index is 1.78. The van der Waals surface area contributed by atoms with Crippen LogP contribution in [-0.4, -0.2) is 27.4 Å². The molecule has 2 amide bonds. The predicted octanol–water partition coefficient (Wildman–Crippen LogP) is 1.33. The third kappa shape index (κ3) is 1.92. The molecule has 1 aliphatic heterocycles. The van der Waals surface area contributed by atoms with Gasteiger partial charge in [-0.25, -0.2) is 4.90 Å². The van der Waals surface area contributed by atoms with Crippen molar-refractivity contribution in [3.05, 3.63) is 29.8 Å². The van der Waals surface area contributed by atoms with Crippen molar-refractivity contribution in [2.75, 3.05) is 4.90 Å². The third-order valence-corrected chi connectivity index (χ3v) is 8.56. The highest BCUT2D eigenvalue weighted by Gasteiger charge is 2.66. The van der Waals surface area contributed by atoms with E-state index in [2.05, 4.69) is 31.9 Å². The molecule has 120 valence electrons. The highest BCUT2D eigenvalue weighted by atomic mass is 79.9. The normalized spacial score (nSPS) is 38.3. The van der Waals surface area contributed by atoms with Crippen LogP contribution in [0.4, 0.5) is 5.69 Å². The number of anilines is 1. The molecule has 0 unspecified atom stereocenters. The van der Waals surface area contributed by atoms with Crippen molar-refractivity contribution >= 4 is 55.3 Å². The van der Waals surface area contributed by atoms with Crippen LogP contribution in [0.2, 0.25) is 0 Å². The number of rotatable bonds is 2. The molecule has 1 aromatic carbocycles. The summed E-state index contributed by atoms with van der Waals surface area (Å²) in [7, 11) is 0. The number of nitrogens with zero attached hydrogens (tertiary/aromatic N) is 1. The molecule has 23 heavy (non-hydrogen) atoms. The van der Waals surface area contributed by atoms with Crippen molar-refractivity contribution in [2.24, 2.45) is 23.7 Å². The van der Waals surface area contributed by atoms with Gasteiger partial charge in [-0.3, -0.25) is 9.59 Å². The maximum absolute atomic E-state index is 12.9. The number of para-hydroxylation sites is 1. The smallest absolute Gasteiger partial charge is 0.238 e. The molecule has 0 N–H and O–H groups in total. The average molecular weight is 442 g/mol. The second-order valence-electron chi connectivity index (χ2n) is 6.32. The highest BCUT2D eigenvalue weighted by Crippen LogP contribution is 2.60. The van der Waals surface area contributed by atoms with E-state index in [-0.39, 0.29) is 56.4 Å². The molecule has 1 saturated heterocycles. The topological polar surface area (TPSA) is 77.5 Å². The molecule has 4 rings (SSSR count). The molecular formula is C16H12Br2NO4-. The zero-order valence-electron chi connectivity index (χ0n) is 11.8. The Kier molecular flexibility index (Phi) is 3.43. The minimum Gasteiger partial charge on any atom is -0.545 e. The summed E-state index contributed by atoms with van der Waals surface area (Å²) in [5, 5.41) is 11.3. The van der Waals surface area contributed by atoms with Crippen LogP contribution in [0.1, 0.15) is 16.8 Å². The standard InChI is InChI=1S/C16H13Br2NO4/c17-12-7-5-8(13(12)18)11-10(7)14(20)19(15(11)21)9-4-2-1-3-6(9)16(22)23/h1-4,7-8,10-13H,5H2,(H,22,23)/p-1/t7-,8+,10-,11-,12+,13-/m0/s1. The Hall–Kier alpha value is -1.21. The predicted molar refractivity (Wildman–Crippen MR) is 87.3 cm³/mol. The van der Waals surface area contributed by atoms with Gasteiger partial charge >= 0.3 is 0 Å². The summed E-state index contributed by atoms with van der Waals surface area (Å²) < 4.78 is 0. The van der Waals surface area contributed by atoms with E-state index >= 15 is 0 Å². The Morgan fingerprint density at radius 1 is 1.04 bits per heavy atom. The van der Waals surface area contributed by atoms with Crippen LogP contribution in [0.15, 0.2) is 24.3 Å². The first-order valence-electron chi connectivity index (χ1n) is 7.39. The summed E-state index contributed by atoms with van der Waals surface area (Å²) in [4.78, 5) is 38.4. The summed E-state index contributed by atoms with van der Waals surface area (Å²) in [5.74, 6) is -2.48. The van der Waals surface area contributed by atoms with Gasteiger partial charge in [-0.2, -0.15) is 0 Å². The molecule has 2 saturated carbocycles. The SMILES string of the molecule is O=C([O-])c1ccccc1N1C(=O)[C@H]2[C@@H]3C[C@@H]([C@H](Br)[C@@H]3Br)[C@@H]2C1=O. The molecule has 2 bridgehead atoms. The quantitative estimate of drug-likeness (QED) is 0.512. The molecule has 0 aromatic heterocycles. The second kappa shape index (κ2) is 5.14. The van der Waals surface area contributed by atoms with Crippen LogP contribution in [0, 0.1) is 23.7 Å². The van der Waals surface area contributed by atoms with Crippen LogP contribution in [0.3, 0.4) is 0 Å². The van der Waals surface area contributed by atoms with Crippen molar-refractivity contribution in [1.82, 2.24) is 0 Å². The molecule has 1 aromatic rings. The van der Waals surface area contributed by atoms with E-state index in [1.54, 1.807) is 12.1 Å². The lowest BCUT2D eigenvalue weighted by atomic mass is 9.81. The lowest BCUT2D eigenvalue weighted by molar-refractivity contribution is -0.254. The number of alkyl halides is 2. The van der Waals surface area contributed by atoms with Crippen molar-refractivity contribution in [3.8, 4) is 0 Å². The van der Waals surface area contributed by atoms with E-state index in [1.165, 1.54) is 12.1 Å². The number of hydrogen-bond donors (Lipinski definition) is 0. The van der Waals surface area contributed by atoms with Crippen LogP contribution in [-0.2, 0) is 9.59 Å². The molecule has 3 fully saturated rings. The number of carboxylic acid groups (broad SMARTS) is 1. The maximum Gasteiger partial charge on any atom is 0.238 e. The number of aromatic carboxylic acids is 1. The Bertz CT molecular complexity index is 705. The lowest BCUT2D eigenvalue weighted by Crippen LogP contribution is -2.37. The molecule has 2 aliphatic carbocycles. The first kappa shape index (κ1) is 15.3. The Morgan fingerprint density at radius 2 is 1.57 bits per heavy atom. The van der Waals surface area contributed by atoms with E-state index in [0.717, 1.165) is 11.3 Å². The zero-order valence-corrected chi connectivity index (χ0v) is 15.0. The van der Waals surface area contributed by atoms with Gasteiger partial charge in [0.1, 0.15) is 0 Å². The number of halogens is 2. The number of benzene rings is 1. The minimum absolute atomic E-state index is 0.103. The number of amides is 2. The molecule has 5 nitrogen and oxygen atoms in total. The van der Waals surface area contributed by atoms with E-state index in [9.17, 15) is 19.5 Å². The molecule has 3 aliphatic rings. The van der Waals surface area contributed by atoms with Crippen molar-refractivity contribution < 1.29 is 19.5 Å². The van der Waals surface area contributed by atoms with E-state index < -0.39 is 5.97 Å². The summed E-state index contributed by atoms with van der Waals surface area (Å²) in [6.45, 7) is 0. The summed E-state index contributed by atoms with van der Waals surface area (Å²) in [5.41, 5.74) is -0.0131. The Labute approximate surface area is 149 Å². The fourth-order valence-electron chi connectivity index (χ4n) is 4.43. The average Bonchev–Trinajstić information content (AvgIpc) is 3.12. The zero-order chi connectivity index (χ0) is 16.5. The summed E-state index contributed by atoms with van der Waals surface area (Å²) in [6.07, 6.45) is 0.842. The molecular weight excluding hydrogens is 430 g/mol. The van der Waals surface area contributed by atoms with Crippen LogP contribution in [0.5, 0.6) is 0 Å². The molecule has 0 spiro atoms. The van der Waals surface area contributed by atoms with Gasteiger partial charge in [0.15, 0.2) is 0 Å². The second-order valence-corrected chi connectivity index (χ2v) is 8.43. The third-order valence-electron chi connectivity index (χ3n) is 5.35. The largest absolute Gasteiger partial charge is 0.545 e. The van der Waals surface area contributed by atoms with Gasteiger partial charge in [0.05, 0.1) is 23.5 Å². The van der Waals surface area contributed by atoms with Crippen molar-refractivity contribution in [1.29, 1.82) is 0 Å². The number of carbonyl (C=O) groups is 3. The van der Waals surface area contributed by atoms with Gasteiger partial charge in [-0.1, -0.05) is 50.1 Å². The lowest BCUT2D eigenvalue weighted by Gasteiger charge is -2.28. The van der Waals surface area contributed by atoms with Gasteiger partial charge in [-0.05, 0) is 24.3 Å². The molecule has 7 heteroatoms. The van der Waals surface area contributed by atoms with Gasteiger partial charge < -0.3 is 9.90 Å². The minimum atomic E-state index is -1.39. The molecule has 6 atom stereocenters. The summed E-state index contributed by atoms with van der Waals surface area (Å²) in [6, 6.07) is 6.01. The van der Waals surface area contributed by atoms with Gasteiger partial charge in [-0.15, -0.1) is 0 Å². The van der Waals surface area contributed by atoms with E-state index in [4.69, 9.17) is 0 Å². The van der Waals surface area contributed by atoms with Crippen LogP contribution in [0.25, 0.3) is 0 Å². The van der Waals surface area contributed by atoms with Crippen molar-refractivity contribution in [3.63, 3.8) is 0 Å². The monoisotopic (exact) mass is 440 g/mol. The van der Waals surface area contributed by atoms with Gasteiger partial charge in [0, 0.05) is 15.2 Å². The van der Waals surface area contributed by atoms with Crippen LogP contribution >= 0.6 is 31.9 Å². The van der Waals surface area contributed by atoms with Gasteiger partial charge in [0.25, 0.3) is 0 Å². The van der Waals surface area contributed by atoms with Gasteiger partial charge in [0.2, 0.25) is 11.8 Å². The summed E-state index contributed by atoms with van der Waals surface area (Å²) >= 11 is 7.25. The first-order valence-corrected chi connectivity index (χ1v) is 9.23.